The van der Waals surface area contributed by atoms with Crippen molar-refractivity contribution in [2.24, 2.45) is 0 Å². The average molecular weight is 446 g/mol. The van der Waals surface area contributed by atoms with E-state index < -0.39 is 25.3 Å². The molecule has 1 aliphatic rings. The van der Waals surface area contributed by atoms with Gasteiger partial charge < -0.3 is 0 Å². The first-order valence-electron chi connectivity index (χ1n) is 8.17. The SMILES string of the molecule is C[Si](C)([CH2][Sn]([Cl])([c]1ccccc1)[c]1ccccc1)C1C=CC=C1. The van der Waals surface area contributed by atoms with Crippen molar-refractivity contribution in [1.82, 2.24) is 0 Å². The van der Waals surface area contributed by atoms with Crippen LogP contribution in [-0.2, 0) is 0 Å². The Morgan fingerprint density at radius 2 is 1.26 bits per heavy atom. The number of hydrogen-bond donors (Lipinski definition) is 0. The molecule has 3 heteroatoms. The molecule has 3 rings (SSSR count). The Labute approximate surface area is 148 Å². The van der Waals surface area contributed by atoms with E-state index in [1.165, 1.54) is 11.2 Å². The van der Waals surface area contributed by atoms with E-state index in [0.29, 0.717) is 5.54 Å². The molecule has 0 heterocycles. The Hall–Kier alpha value is -0.774. The first-order chi connectivity index (χ1) is 11.0. The molecule has 0 nitrogen and oxygen atoms in total. The van der Waals surface area contributed by atoms with Crippen molar-refractivity contribution in [2.75, 3.05) is 0 Å². The van der Waals surface area contributed by atoms with Crippen LogP contribution in [0.25, 0.3) is 0 Å². The second-order valence-electron chi connectivity index (χ2n) is 6.99. The molecule has 0 unspecified atom stereocenters. The molecule has 0 spiro atoms. The number of allylic oxidation sites excluding steroid dienone is 4. The van der Waals surface area contributed by atoms with Gasteiger partial charge >= 0.3 is 149 Å². The van der Waals surface area contributed by atoms with Gasteiger partial charge in [0.1, 0.15) is 0 Å². The minimum atomic E-state index is -3.15. The standard InChI is InChI=1S/C8H13Si.2C6H5.ClH.Sn/c1-9(2,3)8-6-4-5-7-8;2*1-2-4-6-5-3-1;;/h4-8H,1H2,2-3H3;2*1-5H;1H;/q;;;;+1/p-1. The summed E-state index contributed by atoms with van der Waals surface area (Å²) >= 11 is -3.15. The first kappa shape index (κ1) is 17.1. The fourth-order valence-corrected chi connectivity index (χ4v) is 36.6. The van der Waals surface area contributed by atoms with E-state index in [4.69, 9.17) is 8.92 Å². The average Bonchev–Trinajstić information content (AvgIpc) is 3.11. The van der Waals surface area contributed by atoms with Crippen molar-refractivity contribution in [1.29, 1.82) is 0 Å². The van der Waals surface area contributed by atoms with Crippen LogP contribution in [0.4, 0.5) is 0 Å². The number of hydrogen-bond acceptors (Lipinski definition) is 0. The number of benzene rings is 2. The second kappa shape index (κ2) is 7.00. The summed E-state index contributed by atoms with van der Waals surface area (Å²) in [6.45, 7) is 5.00. The third-order valence-electron chi connectivity index (χ3n) is 4.81. The molecule has 0 atom stereocenters. The summed E-state index contributed by atoms with van der Waals surface area (Å²) in [7, 11) is 6.07. The van der Waals surface area contributed by atoms with Crippen LogP contribution in [0.1, 0.15) is 0 Å². The van der Waals surface area contributed by atoms with Crippen LogP contribution in [0.15, 0.2) is 85.0 Å². The van der Waals surface area contributed by atoms with Crippen molar-refractivity contribution in [2.45, 2.75) is 22.7 Å². The molecule has 0 N–H and O–H groups in total. The quantitative estimate of drug-likeness (QED) is 0.584. The zero-order valence-electron chi connectivity index (χ0n) is 13.7. The molecule has 0 aliphatic heterocycles. The van der Waals surface area contributed by atoms with Crippen molar-refractivity contribution in [3.63, 3.8) is 0 Å². The van der Waals surface area contributed by atoms with E-state index >= 15 is 0 Å². The van der Waals surface area contributed by atoms with Gasteiger partial charge in [0.05, 0.1) is 0 Å². The van der Waals surface area contributed by atoms with Gasteiger partial charge in [0.15, 0.2) is 0 Å². The summed E-state index contributed by atoms with van der Waals surface area (Å²) in [6, 6.07) is 21.7. The van der Waals surface area contributed by atoms with Crippen molar-refractivity contribution in [3.8, 4) is 0 Å². The molecule has 23 heavy (non-hydrogen) atoms. The van der Waals surface area contributed by atoms with Crippen molar-refractivity contribution < 1.29 is 0 Å². The summed E-state index contributed by atoms with van der Waals surface area (Å²) in [5, 5.41) is 0. The Balaban J connectivity index is 2.03. The van der Waals surface area contributed by atoms with E-state index in [1.807, 2.05) is 0 Å². The van der Waals surface area contributed by atoms with Gasteiger partial charge in [0.25, 0.3) is 0 Å². The fraction of sp³-hybridized carbons (Fsp3) is 0.200. The predicted molar refractivity (Wildman–Crippen MR) is 108 cm³/mol. The summed E-state index contributed by atoms with van der Waals surface area (Å²) in [6.07, 6.45) is 9.11. The van der Waals surface area contributed by atoms with Crippen LogP contribution in [0, 0.1) is 0 Å². The van der Waals surface area contributed by atoms with Gasteiger partial charge in [-0.2, -0.15) is 0 Å². The van der Waals surface area contributed by atoms with Crippen molar-refractivity contribution in [3.05, 3.63) is 85.0 Å². The molecule has 1 aliphatic carbocycles. The first-order valence-corrected chi connectivity index (χ1v) is 19.9. The summed E-state index contributed by atoms with van der Waals surface area (Å²) in [4.78, 5) is 0. The predicted octanol–water partition coefficient (Wildman–Crippen LogP) is 4.73. The summed E-state index contributed by atoms with van der Waals surface area (Å²) < 4.78 is 4.03. The Bertz CT molecular complexity index is 655. The molecule has 2 aromatic rings. The molecule has 118 valence electrons. The maximum atomic E-state index is 7.55. The maximum absolute atomic E-state index is 7.55. The normalized spacial score (nSPS) is 15.3. The van der Waals surface area contributed by atoms with Gasteiger partial charge in [-0.3, -0.25) is 0 Å². The Kier molecular flexibility index (Phi) is 5.19. The van der Waals surface area contributed by atoms with Crippen LogP contribution in [0.5, 0.6) is 0 Å². The van der Waals surface area contributed by atoms with E-state index in [9.17, 15) is 0 Å². The molecule has 0 amide bonds. The number of rotatable bonds is 5. The minimum absolute atomic E-state index is 0.616. The molecule has 0 radical (unpaired) electrons. The molecule has 0 saturated carbocycles. The summed E-state index contributed by atoms with van der Waals surface area (Å²) in [5.74, 6) is 0. The van der Waals surface area contributed by atoms with Crippen LogP contribution >= 0.6 is 8.92 Å². The third kappa shape index (κ3) is 3.67. The van der Waals surface area contributed by atoms with E-state index in [2.05, 4.69) is 98.1 Å². The molecular weight excluding hydrogens is 422 g/mol. The van der Waals surface area contributed by atoms with Crippen LogP contribution in [-0.4, -0.2) is 25.3 Å². The topological polar surface area (TPSA) is 0 Å². The number of halogens is 1. The molecular formula is C20H23ClSiSn. The third-order valence-corrected chi connectivity index (χ3v) is 33.1. The van der Waals surface area contributed by atoms with Gasteiger partial charge in [-0.25, -0.2) is 0 Å². The van der Waals surface area contributed by atoms with Gasteiger partial charge in [-0.05, 0) is 0 Å². The van der Waals surface area contributed by atoms with Gasteiger partial charge in [-0.15, -0.1) is 0 Å². The van der Waals surface area contributed by atoms with Crippen LogP contribution in [0.3, 0.4) is 0 Å². The van der Waals surface area contributed by atoms with Gasteiger partial charge in [0.2, 0.25) is 0 Å². The molecule has 0 saturated heterocycles. The van der Waals surface area contributed by atoms with Crippen LogP contribution in [0.2, 0.25) is 22.7 Å². The molecule has 0 bridgehead atoms. The fourth-order valence-electron chi connectivity index (χ4n) is 3.47. The molecule has 0 aromatic heterocycles. The molecule has 2 aromatic carbocycles. The van der Waals surface area contributed by atoms with E-state index in [0.717, 1.165) is 0 Å². The van der Waals surface area contributed by atoms with E-state index in [-0.39, 0.29) is 0 Å². The van der Waals surface area contributed by atoms with Gasteiger partial charge in [0, 0.05) is 0 Å². The monoisotopic (exact) mass is 446 g/mol. The zero-order chi connectivity index (χ0) is 16.3. The zero-order valence-corrected chi connectivity index (χ0v) is 18.4. The summed E-state index contributed by atoms with van der Waals surface area (Å²) in [5.41, 5.74) is 0.616. The van der Waals surface area contributed by atoms with E-state index in [1.54, 1.807) is 0 Å². The second-order valence-corrected chi connectivity index (χ2v) is 27.2. The van der Waals surface area contributed by atoms with Gasteiger partial charge in [-0.1, -0.05) is 0 Å². The molecule has 0 fully saturated rings. The van der Waals surface area contributed by atoms with Crippen LogP contribution < -0.4 is 7.16 Å². The Morgan fingerprint density at radius 1 is 0.826 bits per heavy atom. The Morgan fingerprint density at radius 3 is 1.70 bits per heavy atom. The van der Waals surface area contributed by atoms with Crippen molar-refractivity contribution >= 4 is 41.4 Å².